The molecule has 0 bridgehead atoms. The molecule has 0 aliphatic carbocycles. The summed E-state index contributed by atoms with van der Waals surface area (Å²) < 4.78 is 6.93. The van der Waals surface area contributed by atoms with Crippen LogP contribution in [0.4, 0.5) is 0 Å². The van der Waals surface area contributed by atoms with E-state index in [1.54, 1.807) is 23.0 Å². The summed E-state index contributed by atoms with van der Waals surface area (Å²) in [7, 11) is 1.94. The number of hydrogen-bond donors (Lipinski definition) is 1. The number of aromatic nitrogens is 4. The van der Waals surface area contributed by atoms with E-state index in [0.29, 0.717) is 29.9 Å². The van der Waals surface area contributed by atoms with E-state index in [4.69, 9.17) is 4.74 Å². The Balaban J connectivity index is 1.79. The third-order valence-corrected chi connectivity index (χ3v) is 4.49. The number of likely N-dealkylation sites (tertiary alicyclic amines) is 1. The summed E-state index contributed by atoms with van der Waals surface area (Å²) in [6, 6.07) is 3.88. The van der Waals surface area contributed by atoms with Gasteiger partial charge in [0.25, 0.3) is 5.91 Å². The zero-order valence-electron chi connectivity index (χ0n) is 14.9. The van der Waals surface area contributed by atoms with Crippen molar-refractivity contribution in [3.63, 3.8) is 0 Å². The third-order valence-electron chi connectivity index (χ3n) is 4.49. The van der Waals surface area contributed by atoms with Crippen molar-refractivity contribution in [1.29, 1.82) is 0 Å². The summed E-state index contributed by atoms with van der Waals surface area (Å²) in [6.45, 7) is 5.81. The number of hydrogen-bond acceptors (Lipinski definition) is 6. The number of amides is 1. The van der Waals surface area contributed by atoms with E-state index in [0.717, 1.165) is 31.6 Å². The molecule has 1 fully saturated rings. The molecule has 1 N–H and O–H groups in total. The lowest BCUT2D eigenvalue weighted by Gasteiger charge is -2.32. The molecular formula is C17H24N6O2. The quantitative estimate of drug-likeness (QED) is 0.877. The molecule has 1 aliphatic heterocycles. The van der Waals surface area contributed by atoms with E-state index in [-0.39, 0.29) is 5.91 Å². The van der Waals surface area contributed by atoms with Crippen LogP contribution >= 0.6 is 0 Å². The van der Waals surface area contributed by atoms with Crippen molar-refractivity contribution in [2.24, 2.45) is 0 Å². The molecule has 2 aromatic rings. The molecule has 3 heterocycles. The van der Waals surface area contributed by atoms with Crippen molar-refractivity contribution in [3.05, 3.63) is 29.6 Å². The SMILES string of the molecule is CCOc1ccc(-n2ncc(C(=O)N3CCCC(NC)C3)c2C)nn1. The number of nitrogens with zero attached hydrogens (tertiary/aromatic N) is 5. The smallest absolute Gasteiger partial charge is 0.257 e. The number of nitrogens with one attached hydrogen (secondary N) is 1. The number of ether oxygens (including phenoxy) is 1. The van der Waals surface area contributed by atoms with E-state index in [1.165, 1.54) is 0 Å². The fraction of sp³-hybridized carbons (Fsp3) is 0.529. The molecule has 8 heteroatoms. The zero-order valence-corrected chi connectivity index (χ0v) is 14.9. The van der Waals surface area contributed by atoms with Crippen LogP contribution in [0, 0.1) is 6.92 Å². The Morgan fingerprint density at radius 1 is 1.40 bits per heavy atom. The van der Waals surface area contributed by atoms with Crippen molar-refractivity contribution >= 4 is 5.91 Å². The second kappa shape index (κ2) is 7.60. The monoisotopic (exact) mass is 344 g/mol. The van der Waals surface area contributed by atoms with E-state index in [1.807, 2.05) is 25.8 Å². The largest absolute Gasteiger partial charge is 0.477 e. The highest BCUT2D eigenvalue weighted by molar-refractivity contribution is 5.95. The minimum atomic E-state index is 0.0163. The second-order valence-corrected chi connectivity index (χ2v) is 6.10. The molecule has 0 saturated carbocycles. The van der Waals surface area contributed by atoms with Gasteiger partial charge in [0.05, 0.1) is 24.1 Å². The highest BCUT2D eigenvalue weighted by Gasteiger charge is 2.26. The van der Waals surface area contributed by atoms with Crippen LogP contribution in [0.1, 0.15) is 35.8 Å². The Kier molecular flexibility index (Phi) is 5.28. The fourth-order valence-electron chi connectivity index (χ4n) is 3.07. The maximum atomic E-state index is 12.9. The molecule has 8 nitrogen and oxygen atoms in total. The van der Waals surface area contributed by atoms with Crippen LogP contribution in [0.2, 0.25) is 0 Å². The molecule has 0 aromatic carbocycles. The first kappa shape index (κ1) is 17.3. The van der Waals surface area contributed by atoms with Gasteiger partial charge in [0, 0.05) is 25.2 Å². The lowest BCUT2D eigenvalue weighted by molar-refractivity contribution is 0.0697. The zero-order chi connectivity index (χ0) is 17.8. The first-order chi connectivity index (χ1) is 12.1. The molecule has 3 rings (SSSR count). The molecule has 134 valence electrons. The summed E-state index contributed by atoms with van der Waals surface area (Å²) in [5.74, 6) is 1.05. The molecular weight excluding hydrogens is 320 g/mol. The van der Waals surface area contributed by atoms with E-state index in [2.05, 4.69) is 20.6 Å². The maximum Gasteiger partial charge on any atom is 0.257 e. The van der Waals surface area contributed by atoms with Gasteiger partial charge in [-0.15, -0.1) is 10.2 Å². The van der Waals surface area contributed by atoms with Crippen molar-refractivity contribution in [3.8, 4) is 11.7 Å². The van der Waals surface area contributed by atoms with Gasteiger partial charge in [-0.1, -0.05) is 0 Å². The molecule has 1 atom stereocenters. The predicted molar refractivity (Wildman–Crippen MR) is 93.0 cm³/mol. The molecule has 1 aliphatic rings. The van der Waals surface area contributed by atoms with Gasteiger partial charge in [0.15, 0.2) is 5.82 Å². The Bertz CT molecular complexity index is 727. The molecule has 1 amide bonds. The molecule has 0 spiro atoms. The van der Waals surface area contributed by atoms with Crippen LogP contribution in [0.15, 0.2) is 18.3 Å². The standard InChI is InChI=1S/C17H24N6O2/c1-4-25-16-8-7-15(20-21-16)23-12(2)14(10-19-23)17(24)22-9-5-6-13(11-22)18-3/h7-8,10,13,18H,4-6,9,11H2,1-3H3. The number of carbonyl (C=O) groups is 1. The van der Waals surface area contributed by atoms with Gasteiger partial charge in [-0.05, 0) is 39.8 Å². The Morgan fingerprint density at radius 2 is 2.24 bits per heavy atom. The highest BCUT2D eigenvalue weighted by Crippen LogP contribution is 2.18. The van der Waals surface area contributed by atoms with Crippen molar-refractivity contribution in [2.45, 2.75) is 32.7 Å². The van der Waals surface area contributed by atoms with E-state index >= 15 is 0 Å². The Morgan fingerprint density at radius 3 is 2.92 bits per heavy atom. The van der Waals surface area contributed by atoms with Crippen LogP contribution in [-0.2, 0) is 0 Å². The minimum absolute atomic E-state index is 0.0163. The lowest BCUT2D eigenvalue weighted by Crippen LogP contribution is -2.47. The minimum Gasteiger partial charge on any atom is -0.477 e. The van der Waals surface area contributed by atoms with Crippen LogP contribution in [0.3, 0.4) is 0 Å². The number of rotatable bonds is 5. The van der Waals surface area contributed by atoms with Crippen LogP contribution in [0.5, 0.6) is 5.88 Å². The van der Waals surface area contributed by atoms with Gasteiger partial charge in [-0.2, -0.15) is 5.10 Å². The molecule has 0 radical (unpaired) electrons. The van der Waals surface area contributed by atoms with Crippen molar-refractivity contribution in [2.75, 3.05) is 26.7 Å². The molecule has 1 unspecified atom stereocenters. The highest BCUT2D eigenvalue weighted by atomic mass is 16.5. The third kappa shape index (κ3) is 3.63. The van der Waals surface area contributed by atoms with E-state index in [9.17, 15) is 4.79 Å². The van der Waals surface area contributed by atoms with Crippen LogP contribution in [0.25, 0.3) is 5.82 Å². The number of carbonyl (C=O) groups excluding carboxylic acids is 1. The van der Waals surface area contributed by atoms with Crippen LogP contribution in [-0.4, -0.2) is 63.6 Å². The maximum absolute atomic E-state index is 12.9. The average Bonchev–Trinajstić information content (AvgIpc) is 3.03. The van der Waals surface area contributed by atoms with Gasteiger partial charge < -0.3 is 15.0 Å². The number of likely N-dealkylation sites (N-methyl/N-ethyl adjacent to an activating group) is 1. The van der Waals surface area contributed by atoms with E-state index < -0.39 is 0 Å². The summed E-state index contributed by atoms with van der Waals surface area (Å²) >= 11 is 0. The molecule has 25 heavy (non-hydrogen) atoms. The average molecular weight is 344 g/mol. The van der Waals surface area contributed by atoms with Crippen molar-refractivity contribution < 1.29 is 9.53 Å². The van der Waals surface area contributed by atoms with Gasteiger partial charge >= 0.3 is 0 Å². The van der Waals surface area contributed by atoms with Gasteiger partial charge in [-0.3, -0.25) is 4.79 Å². The van der Waals surface area contributed by atoms with Gasteiger partial charge in [0.1, 0.15) is 0 Å². The summed E-state index contributed by atoms with van der Waals surface area (Å²) in [4.78, 5) is 14.7. The van der Waals surface area contributed by atoms with Gasteiger partial charge in [-0.25, -0.2) is 4.68 Å². The first-order valence-corrected chi connectivity index (χ1v) is 8.62. The van der Waals surface area contributed by atoms with Crippen molar-refractivity contribution in [1.82, 2.24) is 30.2 Å². The first-order valence-electron chi connectivity index (χ1n) is 8.62. The summed E-state index contributed by atoms with van der Waals surface area (Å²) in [5.41, 5.74) is 1.36. The summed E-state index contributed by atoms with van der Waals surface area (Å²) in [6.07, 6.45) is 3.72. The molecule has 2 aromatic heterocycles. The van der Waals surface area contributed by atoms with Gasteiger partial charge in [0.2, 0.25) is 5.88 Å². The Labute approximate surface area is 147 Å². The number of piperidine rings is 1. The topological polar surface area (TPSA) is 85.2 Å². The normalized spacial score (nSPS) is 17.6. The Hall–Kier alpha value is -2.48. The van der Waals surface area contributed by atoms with Crippen LogP contribution < -0.4 is 10.1 Å². The second-order valence-electron chi connectivity index (χ2n) is 6.10. The lowest BCUT2D eigenvalue weighted by atomic mass is 10.0. The predicted octanol–water partition coefficient (Wildman–Crippen LogP) is 1.19. The summed E-state index contributed by atoms with van der Waals surface area (Å²) in [5, 5.41) is 15.7. The fourth-order valence-corrected chi connectivity index (χ4v) is 3.07. The molecule has 1 saturated heterocycles.